The Kier molecular flexibility index (Phi) is 4.51. The third-order valence-electron chi connectivity index (χ3n) is 4.16. The summed E-state index contributed by atoms with van der Waals surface area (Å²) in [6.45, 7) is 0. The molecule has 0 radical (unpaired) electrons. The second kappa shape index (κ2) is 6.59. The lowest BCUT2D eigenvalue weighted by molar-refractivity contribution is -0.0710. The van der Waals surface area contributed by atoms with Crippen molar-refractivity contribution in [2.24, 2.45) is 0 Å². The Morgan fingerprint density at radius 2 is 1.54 bits per heavy atom. The number of methoxy groups -OCH3 is 3. The molecule has 2 aromatic carbocycles. The minimum Gasteiger partial charge on any atom is -0.497 e. The van der Waals surface area contributed by atoms with Gasteiger partial charge in [0.25, 0.3) is 0 Å². The number of rotatable bonds is 4. The standard InChI is InChI=1S/C18H20O6/c1-21-11-6-4-10(5-7-11)18-17(20)16(19)15-13(23-3)8-12(22-2)9-14(15)24-18/h4-9,16-20H,1-3H3. The van der Waals surface area contributed by atoms with Gasteiger partial charge in [-0.2, -0.15) is 0 Å². The minimum atomic E-state index is -1.14. The highest BCUT2D eigenvalue weighted by Gasteiger charge is 2.39. The van der Waals surface area contributed by atoms with E-state index in [9.17, 15) is 10.2 Å². The van der Waals surface area contributed by atoms with E-state index in [4.69, 9.17) is 18.9 Å². The van der Waals surface area contributed by atoms with Gasteiger partial charge in [-0.15, -0.1) is 0 Å². The molecule has 24 heavy (non-hydrogen) atoms. The first kappa shape index (κ1) is 16.4. The Balaban J connectivity index is 2.02. The maximum atomic E-state index is 10.6. The van der Waals surface area contributed by atoms with Crippen molar-refractivity contribution in [2.45, 2.75) is 18.3 Å². The van der Waals surface area contributed by atoms with Crippen LogP contribution in [0.4, 0.5) is 0 Å². The molecule has 128 valence electrons. The van der Waals surface area contributed by atoms with E-state index in [1.807, 2.05) is 0 Å². The molecule has 0 amide bonds. The van der Waals surface area contributed by atoms with Crippen LogP contribution in [0.5, 0.6) is 23.0 Å². The molecule has 1 heterocycles. The average Bonchev–Trinajstić information content (AvgIpc) is 2.63. The topological polar surface area (TPSA) is 77.4 Å². The summed E-state index contributed by atoms with van der Waals surface area (Å²) >= 11 is 0. The van der Waals surface area contributed by atoms with Crippen LogP contribution < -0.4 is 18.9 Å². The van der Waals surface area contributed by atoms with Gasteiger partial charge in [0.05, 0.1) is 26.9 Å². The molecule has 1 aliphatic rings. The first-order chi connectivity index (χ1) is 11.6. The fourth-order valence-corrected chi connectivity index (χ4v) is 2.85. The minimum absolute atomic E-state index is 0.407. The van der Waals surface area contributed by atoms with Crippen LogP contribution in [0.2, 0.25) is 0 Å². The molecule has 0 aliphatic carbocycles. The Morgan fingerprint density at radius 1 is 0.875 bits per heavy atom. The third-order valence-corrected chi connectivity index (χ3v) is 4.16. The molecule has 6 heteroatoms. The van der Waals surface area contributed by atoms with Crippen LogP contribution in [-0.4, -0.2) is 37.6 Å². The van der Waals surface area contributed by atoms with Crippen LogP contribution in [0.25, 0.3) is 0 Å². The average molecular weight is 332 g/mol. The molecule has 2 N–H and O–H groups in total. The van der Waals surface area contributed by atoms with Gasteiger partial charge in [0, 0.05) is 12.1 Å². The summed E-state index contributed by atoms with van der Waals surface area (Å²) in [5.74, 6) is 2.07. The molecule has 3 rings (SSSR count). The van der Waals surface area contributed by atoms with E-state index in [2.05, 4.69) is 0 Å². The normalized spacial score (nSPS) is 22.3. The van der Waals surface area contributed by atoms with Gasteiger partial charge in [-0.05, 0) is 17.7 Å². The zero-order chi connectivity index (χ0) is 17.3. The number of hydrogen-bond acceptors (Lipinski definition) is 6. The van der Waals surface area contributed by atoms with Crippen molar-refractivity contribution in [1.82, 2.24) is 0 Å². The van der Waals surface area contributed by atoms with Crippen molar-refractivity contribution in [3.63, 3.8) is 0 Å². The van der Waals surface area contributed by atoms with Crippen LogP contribution in [0, 0.1) is 0 Å². The van der Waals surface area contributed by atoms with Gasteiger partial charge in [-0.3, -0.25) is 0 Å². The molecule has 0 saturated heterocycles. The van der Waals surface area contributed by atoms with Crippen molar-refractivity contribution in [3.05, 3.63) is 47.5 Å². The molecule has 0 spiro atoms. The summed E-state index contributed by atoms with van der Waals surface area (Å²) in [5, 5.41) is 21.1. The largest absolute Gasteiger partial charge is 0.497 e. The van der Waals surface area contributed by atoms with Gasteiger partial charge in [0.2, 0.25) is 0 Å². The van der Waals surface area contributed by atoms with E-state index in [0.29, 0.717) is 28.6 Å². The van der Waals surface area contributed by atoms with Crippen molar-refractivity contribution >= 4 is 0 Å². The van der Waals surface area contributed by atoms with Gasteiger partial charge in [-0.25, -0.2) is 0 Å². The molecular weight excluding hydrogens is 312 g/mol. The molecule has 3 unspecified atom stereocenters. The molecule has 0 aromatic heterocycles. The first-order valence-corrected chi connectivity index (χ1v) is 7.51. The zero-order valence-electron chi connectivity index (χ0n) is 13.7. The van der Waals surface area contributed by atoms with Gasteiger partial charge in [0.1, 0.15) is 35.2 Å². The highest BCUT2D eigenvalue weighted by atomic mass is 16.5. The number of ether oxygens (including phenoxy) is 4. The molecule has 0 fully saturated rings. The second-order valence-corrected chi connectivity index (χ2v) is 5.49. The molecular formula is C18H20O6. The Labute approximate surface area is 140 Å². The predicted molar refractivity (Wildman–Crippen MR) is 86.9 cm³/mol. The van der Waals surface area contributed by atoms with E-state index >= 15 is 0 Å². The van der Waals surface area contributed by atoms with Crippen LogP contribution in [0.1, 0.15) is 23.3 Å². The Hall–Kier alpha value is -2.44. The Bertz CT molecular complexity index is 712. The lowest BCUT2D eigenvalue weighted by atomic mass is 9.91. The quantitative estimate of drug-likeness (QED) is 0.894. The monoisotopic (exact) mass is 332 g/mol. The zero-order valence-corrected chi connectivity index (χ0v) is 13.7. The number of benzene rings is 2. The second-order valence-electron chi connectivity index (χ2n) is 5.49. The van der Waals surface area contributed by atoms with Gasteiger partial charge < -0.3 is 29.2 Å². The van der Waals surface area contributed by atoms with E-state index in [1.54, 1.807) is 43.5 Å². The first-order valence-electron chi connectivity index (χ1n) is 7.51. The highest BCUT2D eigenvalue weighted by molar-refractivity contribution is 5.54. The van der Waals surface area contributed by atoms with Gasteiger partial charge in [0.15, 0.2) is 6.10 Å². The number of aliphatic hydroxyl groups is 2. The van der Waals surface area contributed by atoms with Crippen molar-refractivity contribution in [3.8, 4) is 23.0 Å². The van der Waals surface area contributed by atoms with Gasteiger partial charge >= 0.3 is 0 Å². The summed E-state index contributed by atoms with van der Waals surface area (Å²) < 4.78 is 21.6. The SMILES string of the molecule is COc1ccc(C2Oc3cc(OC)cc(OC)c3C(O)C2O)cc1. The van der Waals surface area contributed by atoms with Crippen LogP contribution in [-0.2, 0) is 0 Å². The van der Waals surface area contributed by atoms with Crippen molar-refractivity contribution in [1.29, 1.82) is 0 Å². The summed E-state index contributed by atoms with van der Waals surface area (Å²) in [6.07, 6.45) is -2.98. The van der Waals surface area contributed by atoms with E-state index in [0.717, 1.165) is 5.56 Å². The lowest BCUT2D eigenvalue weighted by Gasteiger charge is -2.35. The fourth-order valence-electron chi connectivity index (χ4n) is 2.85. The van der Waals surface area contributed by atoms with Crippen molar-refractivity contribution < 1.29 is 29.2 Å². The highest BCUT2D eigenvalue weighted by Crippen LogP contribution is 2.47. The van der Waals surface area contributed by atoms with E-state index in [1.165, 1.54) is 14.2 Å². The maximum Gasteiger partial charge on any atom is 0.152 e. The molecule has 0 bridgehead atoms. The molecule has 0 saturated carbocycles. The summed E-state index contributed by atoms with van der Waals surface area (Å²) in [4.78, 5) is 0. The van der Waals surface area contributed by atoms with Crippen LogP contribution in [0.15, 0.2) is 36.4 Å². The summed E-state index contributed by atoms with van der Waals surface area (Å²) in [6, 6.07) is 10.5. The van der Waals surface area contributed by atoms with E-state index in [-0.39, 0.29) is 0 Å². The third kappa shape index (κ3) is 2.74. The van der Waals surface area contributed by atoms with Crippen LogP contribution >= 0.6 is 0 Å². The predicted octanol–water partition coefficient (Wildman–Crippen LogP) is 2.24. The molecule has 1 aliphatic heterocycles. The number of fused-ring (bicyclic) bond motifs is 1. The van der Waals surface area contributed by atoms with E-state index < -0.39 is 18.3 Å². The number of aliphatic hydroxyl groups excluding tert-OH is 2. The molecule has 6 nitrogen and oxygen atoms in total. The molecule has 3 atom stereocenters. The fraction of sp³-hybridized carbons (Fsp3) is 0.333. The smallest absolute Gasteiger partial charge is 0.152 e. The Morgan fingerprint density at radius 3 is 2.12 bits per heavy atom. The van der Waals surface area contributed by atoms with Crippen LogP contribution in [0.3, 0.4) is 0 Å². The molecule has 2 aromatic rings. The maximum absolute atomic E-state index is 10.6. The number of hydrogen-bond donors (Lipinski definition) is 2. The lowest BCUT2D eigenvalue weighted by Crippen LogP contribution is -2.34. The van der Waals surface area contributed by atoms with Crippen molar-refractivity contribution in [2.75, 3.05) is 21.3 Å². The summed E-state index contributed by atoms with van der Waals surface area (Å²) in [7, 11) is 4.61. The summed E-state index contributed by atoms with van der Waals surface area (Å²) in [5.41, 5.74) is 1.14. The van der Waals surface area contributed by atoms with Gasteiger partial charge in [-0.1, -0.05) is 12.1 Å².